The standard InChI is InChI=1S/C20H28O4/c1-11-8-14-13(18(14,3)4)6-7-19(5,23)10-15-16(21)12(2)9-20(15,24)17(11)22/h9-11,13-14,23-24H,6-8H2,1-5H3/t11-,13-,14+,19-,20-/m1/s1. The number of allylic oxidation sites excluding steroid dienone is 1. The lowest BCUT2D eigenvalue weighted by atomic mass is 9.81. The number of hydrogen-bond acceptors (Lipinski definition) is 4. The minimum Gasteiger partial charge on any atom is -0.386 e. The highest BCUT2D eigenvalue weighted by atomic mass is 16.3. The molecule has 0 aromatic rings. The van der Waals surface area contributed by atoms with Gasteiger partial charge in [0.2, 0.25) is 0 Å². The maximum atomic E-state index is 13.0. The molecule has 0 aliphatic heterocycles. The Bertz CT molecular complexity index is 667. The van der Waals surface area contributed by atoms with E-state index in [1.54, 1.807) is 13.8 Å². The molecule has 0 heterocycles. The fourth-order valence-corrected chi connectivity index (χ4v) is 4.81. The first kappa shape index (κ1) is 17.6. The molecule has 1 fully saturated rings. The summed E-state index contributed by atoms with van der Waals surface area (Å²) in [5.41, 5.74) is -2.56. The zero-order valence-electron chi connectivity index (χ0n) is 15.2. The van der Waals surface area contributed by atoms with Gasteiger partial charge in [-0.25, -0.2) is 0 Å². The van der Waals surface area contributed by atoms with E-state index < -0.39 is 11.2 Å². The maximum absolute atomic E-state index is 13.0. The number of fused-ring (bicyclic) bond motifs is 2. The zero-order valence-corrected chi connectivity index (χ0v) is 15.2. The molecule has 5 atom stereocenters. The van der Waals surface area contributed by atoms with Crippen molar-refractivity contribution >= 4 is 11.6 Å². The molecule has 0 amide bonds. The number of ketones is 2. The Morgan fingerprint density at radius 3 is 2.33 bits per heavy atom. The van der Waals surface area contributed by atoms with Crippen molar-refractivity contribution < 1.29 is 19.8 Å². The third kappa shape index (κ3) is 2.51. The van der Waals surface area contributed by atoms with Crippen molar-refractivity contribution in [3.05, 3.63) is 23.3 Å². The van der Waals surface area contributed by atoms with Gasteiger partial charge < -0.3 is 10.2 Å². The van der Waals surface area contributed by atoms with Gasteiger partial charge in [0.25, 0.3) is 0 Å². The van der Waals surface area contributed by atoms with Gasteiger partial charge in [-0.05, 0) is 68.1 Å². The Balaban J connectivity index is 2.06. The van der Waals surface area contributed by atoms with E-state index >= 15 is 0 Å². The molecule has 0 saturated heterocycles. The van der Waals surface area contributed by atoms with E-state index in [-0.39, 0.29) is 28.5 Å². The van der Waals surface area contributed by atoms with Crippen LogP contribution in [0.1, 0.15) is 53.9 Å². The van der Waals surface area contributed by atoms with Crippen molar-refractivity contribution in [2.45, 2.75) is 65.1 Å². The van der Waals surface area contributed by atoms with Crippen LogP contribution in [0.4, 0.5) is 0 Å². The average molecular weight is 332 g/mol. The van der Waals surface area contributed by atoms with Gasteiger partial charge in [-0.3, -0.25) is 9.59 Å². The van der Waals surface area contributed by atoms with Crippen LogP contribution in [-0.2, 0) is 9.59 Å². The van der Waals surface area contributed by atoms with Gasteiger partial charge in [-0.2, -0.15) is 0 Å². The van der Waals surface area contributed by atoms with Crippen molar-refractivity contribution in [1.29, 1.82) is 0 Å². The van der Waals surface area contributed by atoms with Crippen molar-refractivity contribution in [1.82, 2.24) is 0 Å². The van der Waals surface area contributed by atoms with Gasteiger partial charge in [0.1, 0.15) is 0 Å². The molecule has 0 bridgehead atoms. The molecule has 3 aliphatic carbocycles. The second-order valence-electron chi connectivity index (χ2n) is 8.91. The molecule has 0 aromatic carbocycles. The third-order valence-electron chi connectivity index (χ3n) is 6.57. The summed E-state index contributed by atoms with van der Waals surface area (Å²) < 4.78 is 0. The Morgan fingerprint density at radius 1 is 1.08 bits per heavy atom. The highest BCUT2D eigenvalue weighted by Crippen LogP contribution is 2.63. The minimum atomic E-state index is -1.90. The van der Waals surface area contributed by atoms with Gasteiger partial charge in [0.15, 0.2) is 17.2 Å². The highest BCUT2D eigenvalue weighted by Gasteiger charge is 2.59. The first-order valence-electron chi connectivity index (χ1n) is 8.87. The molecule has 24 heavy (non-hydrogen) atoms. The van der Waals surface area contributed by atoms with Gasteiger partial charge in [0, 0.05) is 11.5 Å². The van der Waals surface area contributed by atoms with Crippen LogP contribution < -0.4 is 0 Å². The number of Topliss-reactive ketones (excluding diaryl/α,β-unsaturated/α-hetero) is 2. The minimum absolute atomic E-state index is 0.0247. The average Bonchev–Trinajstić information content (AvgIpc) is 2.91. The molecule has 0 unspecified atom stereocenters. The molecule has 1 saturated carbocycles. The molecule has 132 valence electrons. The van der Waals surface area contributed by atoms with Crippen LogP contribution in [-0.4, -0.2) is 33.0 Å². The summed E-state index contributed by atoms with van der Waals surface area (Å²) in [4.78, 5) is 25.4. The summed E-state index contributed by atoms with van der Waals surface area (Å²) in [5, 5.41) is 21.8. The van der Waals surface area contributed by atoms with Crippen LogP contribution in [0.25, 0.3) is 0 Å². The van der Waals surface area contributed by atoms with Gasteiger partial charge in [-0.15, -0.1) is 0 Å². The van der Waals surface area contributed by atoms with Crippen LogP contribution in [0.5, 0.6) is 0 Å². The molecular weight excluding hydrogens is 304 g/mol. The summed E-state index contributed by atoms with van der Waals surface area (Å²) in [6.07, 6.45) is 4.88. The maximum Gasteiger partial charge on any atom is 0.188 e. The van der Waals surface area contributed by atoms with Crippen molar-refractivity contribution in [2.75, 3.05) is 0 Å². The molecule has 0 radical (unpaired) electrons. The lowest BCUT2D eigenvalue weighted by Gasteiger charge is -2.27. The van der Waals surface area contributed by atoms with Gasteiger partial charge in [-0.1, -0.05) is 20.8 Å². The molecule has 0 aromatic heterocycles. The molecule has 2 N–H and O–H groups in total. The largest absolute Gasteiger partial charge is 0.386 e. The third-order valence-corrected chi connectivity index (χ3v) is 6.57. The molecule has 4 heteroatoms. The summed E-state index contributed by atoms with van der Waals surface area (Å²) in [6, 6.07) is 0. The second-order valence-corrected chi connectivity index (χ2v) is 8.91. The van der Waals surface area contributed by atoms with Crippen LogP contribution in [0.3, 0.4) is 0 Å². The van der Waals surface area contributed by atoms with Crippen LogP contribution in [0.2, 0.25) is 0 Å². The Morgan fingerprint density at radius 2 is 1.71 bits per heavy atom. The lowest BCUT2D eigenvalue weighted by Crippen LogP contribution is -2.42. The predicted octanol–water partition coefficient (Wildman–Crippen LogP) is 2.59. The lowest BCUT2D eigenvalue weighted by molar-refractivity contribution is -0.135. The Hall–Kier alpha value is -1.26. The van der Waals surface area contributed by atoms with Crippen LogP contribution in [0, 0.1) is 23.2 Å². The van der Waals surface area contributed by atoms with Crippen molar-refractivity contribution in [2.24, 2.45) is 23.2 Å². The predicted molar refractivity (Wildman–Crippen MR) is 91.2 cm³/mol. The Labute approximate surface area is 143 Å². The van der Waals surface area contributed by atoms with Crippen LogP contribution >= 0.6 is 0 Å². The van der Waals surface area contributed by atoms with E-state index in [9.17, 15) is 19.8 Å². The first-order valence-corrected chi connectivity index (χ1v) is 8.87. The normalized spacial score (nSPS) is 44.9. The molecule has 3 aliphatic rings. The van der Waals surface area contributed by atoms with Crippen molar-refractivity contribution in [3.8, 4) is 0 Å². The highest BCUT2D eigenvalue weighted by molar-refractivity contribution is 6.19. The fourth-order valence-electron chi connectivity index (χ4n) is 4.81. The number of hydrogen-bond donors (Lipinski definition) is 2. The molecule has 3 rings (SSSR count). The molecule has 0 spiro atoms. The second kappa shape index (κ2) is 5.12. The summed E-state index contributed by atoms with van der Waals surface area (Å²) in [7, 11) is 0. The van der Waals surface area contributed by atoms with E-state index in [0.29, 0.717) is 23.8 Å². The summed E-state index contributed by atoms with van der Waals surface area (Å²) in [5.74, 6) is -0.121. The van der Waals surface area contributed by atoms with E-state index in [1.165, 1.54) is 12.2 Å². The Kier molecular flexibility index (Phi) is 3.75. The number of carbonyl (C=O) groups is 2. The molecule has 4 nitrogen and oxygen atoms in total. The van der Waals surface area contributed by atoms with Crippen LogP contribution in [0.15, 0.2) is 23.3 Å². The van der Waals surface area contributed by atoms with E-state index in [4.69, 9.17) is 0 Å². The SMILES string of the molecule is CC1=C[C@]2(O)C(=O)[C@H](C)C[C@H]3[C@@H](CC[C@@](C)(O)C=C2C1=O)C3(C)C. The molecular formula is C20H28O4. The quantitative estimate of drug-likeness (QED) is 0.715. The topological polar surface area (TPSA) is 74.6 Å². The van der Waals surface area contributed by atoms with E-state index in [0.717, 1.165) is 12.8 Å². The van der Waals surface area contributed by atoms with E-state index in [1.807, 2.05) is 6.92 Å². The zero-order chi connectivity index (χ0) is 18.1. The smallest absolute Gasteiger partial charge is 0.188 e. The number of carbonyl (C=O) groups excluding carboxylic acids is 2. The van der Waals surface area contributed by atoms with Crippen molar-refractivity contribution in [3.63, 3.8) is 0 Å². The van der Waals surface area contributed by atoms with Gasteiger partial charge in [0.05, 0.1) is 5.60 Å². The fraction of sp³-hybridized carbons (Fsp3) is 0.700. The number of rotatable bonds is 0. The number of aliphatic hydroxyl groups is 2. The monoisotopic (exact) mass is 332 g/mol. The summed E-state index contributed by atoms with van der Waals surface area (Å²) in [6.45, 7) is 9.51. The van der Waals surface area contributed by atoms with E-state index in [2.05, 4.69) is 13.8 Å². The van der Waals surface area contributed by atoms with Gasteiger partial charge >= 0.3 is 0 Å². The first-order chi connectivity index (χ1) is 10.9. The summed E-state index contributed by atoms with van der Waals surface area (Å²) >= 11 is 0.